The highest BCUT2D eigenvalue weighted by molar-refractivity contribution is 5.87. The molecular formula is C22H27FN2. The number of rotatable bonds is 5. The van der Waals surface area contributed by atoms with Crippen molar-refractivity contribution < 1.29 is 4.39 Å². The lowest BCUT2D eigenvalue weighted by molar-refractivity contribution is 0.554. The van der Waals surface area contributed by atoms with Crippen LogP contribution in [-0.4, -0.2) is 11.1 Å². The number of aryl methyl sites for hydroxylation is 1. The third kappa shape index (κ3) is 3.47. The number of aromatic nitrogens is 1. The maximum absolute atomic E-state index is 14.2. The van der Waals surface area contributed by atoms with Crippen LogP contribution >= 0.6 is 0 Å². The van der Waals surface area contributed by atoms with Gasteiger partial charge in [0.2, 0.25) is 0 Å². The Labute approximate surface area is 149 Å². The average molecular weight is 338 g/mol. The summed E-state index contributed by atoms with van der Waals surface area (Å²) in [7, 11) is 0. The van der Waals surface area contributed by atoms with E-state index in [4.69, 9.17) is 5.73 Å². The molecule has 1 heterocycles. The van der Waals surface area contributed by atoms with Gasteiger partial charge in [-0.3, -0.25) is 0 Å². The van der Waals surface area contributed by atoms with Crippen LogP contribution in [0.3, 0.4) is 0 Å². The fourth-order valence-corrected chi connectivity index (χ4v) is 3.82. The average Bonchev–Trinajstić information content (AvgIpc) is 2.86. The molecule has 2 N–H and O–H groups in total. The van der Waals surface area contributed by atoms with Gasteiger partial charge in [-0.15, -0.1) is 0 Å². The number of halogens is 1. The molecule has 2 nitrogen and oxygen atoms in total. The van der Waals surface area contributed by atoms with Crippen molar-refractivity contribution in [2.75, 3.05) is 6.54 Å². The van der Waals surface area contributed by atoms with Crippen molar-refractivity contribution in [2.24, 2.45) is 5.73 Å². The van der Waals surface area contributed by atoms with E-state index in [-0.39, 0.29) is 18.9 Å². The Morgan fingerprint density at radius 2 is 2.16 bits per heavy atom. The first-order chi connectivity index (χ1) is 12.0. The van der Waals surface area contributed by atoms with Crippen molar-refractivity contribution in [3.8, 4) is 0 Å². The summed E-state index contributed by atoms with van der Waals surface area (Å²) in [4.78, 5) is 0. The Bertz CT molecular complexity index is 868. The van der Waals surface area contributed by atoms with Crippen LogP contribution in [0.4, 0.5) is 4.39 Å². The van der Waals surface area contributed by atoms with Crippen LogP contribution in [0.1, 0.15) is 42.5 Å². The van der Waals surface area contributed by atoms with E-state index < -0.39 is 0 Å². The quantitative estimate of drug-likeness (QED) is 0.772. The summed E-state index contributed by atoms with van der Waals surface area (Å²) in [5.41, 5.74) is 11.6. The Morgan fingerprint density at radius 1 is 1.36 bits per heavy atom. The van der Waals surface area contributed by atoms with Gasteiger partial charge in [-0.2, -0.15) is 0 Å². The Morgan fingerprint density at radius 3 is 2.88 bits per heavy atom. The molecule has 0 spiro atoms. The number of benzene rings is 1. The van der Waals surface area contributed by atoms with Gasteiger partial charge in [-0.25, -0.2) is 4.39 Å². The summed E-state index contributed by atoms with van der Waals surface area (Å²) in [5.74, 6) is 0.176. The molecule has 3 heteroatoms. The standard InChI is InChI=1S/C22H27FN2/c1-4-17-6-5-7-18(13-17)22-16(3)25(14-19(23)10-11-24)21-9-8-15(2)12-20(21)22/h5-6,8-10,12-13,18H,4,7,11,14,24H2,1-3H3/b19-10-. The molecular weight excluding hydrogens is 311 g/mol. The van der Waals surface area contributed by atoms with Crippen LogP contribution in [-0.2, 0) is 6.54 Å². The van der Waals surface area contributed by atoms with Crippen molar-refractivity contribution in [1.29, 1.82) is 0 Å². The maximum atomic E-state index is 14.2. The molecule has 132 valence electrons. The SMILES string of the molecule is CCC1=CC(c2c(C)n(C/C(F)=C/CN)c3ccc(C)cc23)CC=C1. The van der Waals surface area contributed by atoms with Gasteiger partial charge in [0, 0.05) is 29.1 Å². The van der Waals surface area contributed by atoms with E-state index in [0.717, 1.165) is 24.1 Å². The fraction of sp³-hybridized carbons (Fsp3) is 0.364. The van der Waals surface area contributed by atoms with Crippen molar-refractivity contribution in [2.45, 2.75) is 46.1 Å². The summed E-state index contributed by atoms with van der Waals surface area (Å²) >= 11 is 0. The molecule has 0 bridgehead atoms. The molecule has 1 aromatic carbocycles. The highest BCUT2D eigenvalue weighted by Gasteiger charge is 2.22. The molecule has 25 heavy (non-hydrogen) atoms. The fourth-order valence-electron chi connectivity index (χ4n) is 3.82. The van der Waals surface area contributed by atoms with E-state index in [0.29, 0.717) is 5.92 Å². The van der Waals surface area contributed by atoms with Crippen LogP contribution in [0.2, 0.25) is 0 Å². The van der Waals surface area contributed by atoms with Gasteiger partial charge in [0.15, 0.2) is 0 Å². The summed E-state index contributed by atoms with van der Waals surface area (Å²) in [6.07, 6.45) is 10.4. The van der Waals surface area contributed by atoms with Crippen LogP contribution in [0.15, 0.2) is 53.9 Å². The first-order valence-corrected chi connectivity index (χ1v) is 9.06. The second-order valence-corrected chi connectivity index (χ2v) is 6.83. The van der Waals surface area contributed by atoms with Crippen LogP contribution < -0.4 is 5.73 Å². The van der Waals surface area contributed by atoms with Gasteiger partial charge in [0.1, 0.15) is 5.83 Å². The molecule has 0 saturated heterocycles. The predicted octanol–water partition coefficient (Wildman–Crippen LogP) is 5.45. The van der Waals surface area contributed by atoms with Crippen molar-refractivity contribution in [3.05, 3.63) is 70.7 Å². The number of nitrogens with two attached hydrogens (primary N) is 1. The van der Waals surface area contributed by atoms with Crippen molar-refractivity contribution in [3.63, 3.8) is 0 Å². The highest BCUT2D eigenvalue weighted by atomic mass is 19.1. The molecule has 1 atom stereocenters. The van der Waals surface area contributed by atoms with E-state index >= 15 is 0 Å². The molecule has 2 aromatic rings. The monoisotopic (exact) mass is 338 g/mol. The van der Waals surface area contributed by atoms with Crippen molar-refractivity contribution >= 4 is 10.9 Å². The molecule has 1 aliphatic carbocycles. The molecule has 0 saturated carbocycles. The molecule has 0 fully saturated rings. The number of fused-ring (bicyclic) bond motifs is 1. The lowest BCUT2D eigenvalue weighted by Gasteiger charge is -2.18. The maximum Gasteiger partial charge on any atom is 0.117 e. The van der Waals surface area contributed by atoms with Gasteiger partial charge in [-0.05, 0) is 50.5 Å². The molecule has 0 radical (unpaired) electrons. The minimum Gasteiger partial charge on any atom is -0.338 e. The second kappa shape index (κ2) is 7.40. The Hall–Kier alpha value is -2.13. The normalized spacial score (nSPS) is 18.0. The second-order valence-electron chi connectivity index (χ2n) is 6.83. The summed E-state index contributed by atoms with van der Waals surface area (Å²) in [6.45, 7) is 6.88. The first kappa shape index (κ1) is 17.7. The first-order valence-electron chi connectivity index (χ1n) is 9.06. The van der Waals surface area contributed by atoms with Crippen LogP contribution in [0, 0.1) is 13.8 Å². The van der Waals surface area contributed by atoms with Crippen molar-refractivity contribution in [1.82, 2.24) is 4.57 Å². The minimum atomic E-state index is -0.178. The van der Waals surface area contributed by atoms with E-state index in [1.165, 1.54) is 28.2 Å². The summed E-state index contributed by atoms with van der Waals surface area (Å²) in [6, 6.07) is 6.44. The molecule has 3 rings (SSSR count). The smallest absolute Gasteiger partial charge is 0.117 e. The zero-order valence-electron chi connectivity index (χ0n) is 15.3. The van der Waals surface area contributed by atoms with Gasteiger partial charge in [0.05, 0.1) is 6.54 Å². The van der Waals surface area contributed by atoms with Crippen LogP contribution in [0.5, 0.6) is 0 Å². The van der Waals surface area contributed by atoms with Gasteiger partial charge < -0.3 is 10.3 Å². The number of hydrogen-bond donors (Lipinski definition) is 1. The largest absolute Gasteiger partial charge is 0.338 e. The lowest BCUT2D eigenvalue weighted by atomic mass is 9.87. The third-order valence-electron chi connectivity index (χ3n) is 5.09. The van der Waals surface area contributed by atoms with Gasteiger partial charge in [0.25, 0.3) is 0 Å². The molecule has 1 aliphatic rings. The lowest BCUT2D eigenvalue weighted by Crippen LogP contribution is -2.05. The van der Waals surface area contributed by atoms with Gasteiger partial charge >= 0.3 is 0 Å². The molecule has 0 aliphatic heterocycles. The molecule has 1 aromatic heterocycles. The highest BCUT2D eigenvalue weighted by Crippen LogP contribution is 2.38. The molecule has 1 unspecified atom stereocenters. The van der Waals surface area contributed by atoms with E-state index in [9.17, 15) is 4.39 Å². The van der Waals surface area contributed by atoms with E-state index in [1.54, 1.807) is 0 Å². The number of hydrogen-bond acceptors (Lipinski definition) is 1. The topological polar surface area (TPSA) is 30.9 Å². The zero-order valence-corrected chi connectivity index (χ0v) is 15.3. The molecule has 0 amide bonds. The summed E-state index contributed by atoms with van der Waals surface area (Å²) in [5, 5.41) is 1.24. The van der Waals surface area contributed by atoms with Crippen LogP contribution in [0.25, 0.3) is 10.9 Å². The number of nitrogens with zero attached hydrogens (tertiary/aromatic N) is 1. The number of allylic oxidation sites excluding steroid dienone is 5. The van der Waals surface area contributed by atoms with Gasteiger partial charge in [-0.1, -0.05) is 42.4 Å². The minimum absolute atomic E-state index is 0.178. The zero-order chi connectivity index (χ0) is 18.0. The Kier molecular flexibility index (Phi) is 5.24. The van der Waals surface area contributed by atoms with E-state index in [2.05, 4.69) is 61.8 Å². The third-order valence-corrected chi connectivity index (χ3v) is 5.09. The Balaban J connectivity index is 2.16. The van der Waals surface area contributed by atoms with E-state index in [1.807, 2.05) is 0 Å². The predicted molar refractivity (Wildman–Crippen MR) is 105 cm³/mol. The summed E-state index contributed by atoms with van der Waals surface area (Å²) < 4.78 is 16.3.